The number of aromatic nitrogens is 2. The lowest BCUT2D eigenvalue weighted by Gasteiger charge is -2.19. The molecule has 11 nitrogen and oxygen atoms in total. The number of piperidine rings is 1. The molecule has 1 saturated heterocycles. The van der Waals surface area contributed by atoms with E-state index in [2.05, 4.69) is 20.6 Å². The first-order valence-corrected chi connectivity index (χ1v) is 13.1. The zero-order chi connectivity index (χ0) is 27.3. The van der Waals surface area contributed by atoms with Crippen LogP contribution in [-0.4, -0.2) is 63.1 Å². The second kappa shape index (κ2) is 9.93. The lowest BCUT2D eigenvalue weighted by atomic mass is 10.2. The van der Waals surface area contributed by atoms with E-state index < -0.39 is 17.8 Å². The molecular formula is C24H21Cl2N5O6S. The Hall–Kier alpha value is -3.61. The number of aromatic amines is 1. The highest BCUT2D eigenvalue weighted by Gasteiger charge is 2.57. The van der Waals surface area contributed by atoms with Crippen LogP contribution in [0.2, 0.25) is 10.0 Å². The minimum Gasteiger partial charge on any atom is -0.478 e. The van der Waals surface area contributed by atoms with Gasteiger partial charge in [0, 0.05) is 42.3 Å². The molecule has 1 saturated carbocycles. The van der Waals surface area contributed by atoms with Gasteiger partial charge >= 0.3 is 11.9 Å². The van der Waals surface area contributed by atoms with E-state index in [1.54, 1.807) is 6.92 Å². The number of carbonyl (C=O) groups excluding carboxylic acids is 2. The number of H-pyrrole nitrogens is 1. The summed E-state index contributed by atoms with van der Waals surface area (Å²) in [7, 11) is 0. The lowest BCUT2D eigenvalue weighted by molar-refractivity contribution is -0.115. The SMILES string of the molecule is Cc1[nH]c(C(=O)N[C@H]2[C@@H]3CN(c4nc(CC(=O)Nc5ccc(C(=O)O)cc5)c(C(=O)O)s4)C[C@@H]32)c(Cl)c1Cl. The molecule has 1 aromatic carbocycles. The van der Waals surface area contributed by atoms with Crippen LogP contribution in [0.4, 0.5) is 10.8 Å². The molecule has 1 aliphatic heterocycles. The first-order chi connectivity index (χ1) is 18.0. The lowest BCUT2D eigenvalue weighted by Crippen LogP contribution is -2.34. The predicted octanol–water partition coefficient (Wildman–Crippen LogP) is 3.53. The summed E-state index contributed by atoms with van der Waals surface area (Å²) in [5.74, 6) is -2.69. The molecule has 5 rings (SSSR count). The van der Waals surface area contributed by atoms with E-state index in [-0.39, 0.29) is 57.1 Å². The molecule has 2 amide bonds. The molecule has 0 spiro atoms. The van der Waals surface area contributed by atoms with Crippen LogP contribution in [-0.2, 0) is 11.2 Å². The van der Waals surface area contributed by atoms with Crippen molar-refractivity contribution in [3.05, 3.63) is 61.8 Å². The molecule has 14 heteroatoms. The van der Waals surface area contributed by atoms with E-state index in [0.29, 0.717) is 34.6 Å². The first kappa shape index (κ1) is 26.0. The van der Waals surface area contributed by atoms with Gasteiger partial charge in [-0.2, -0.15) is 0 Å². The van der Waals surface area contributed by atoms with Gasteiger partial charge in [-0.1, -0.05) is 34.5 Å². The third-order valence-electron chi connectivity index (χ3n) is 6.67. The van der Waals surface area contributed by atoms with Crippen molar-refractivity contribution in [1.29, 1.82) is 0 Å². The first-order valence-electron chi connectivity index (χ1n) is 11.5. The summed E-state index contributed by atoms with van der Waals surface area (Å²) in [6, 6.07) is 5.60. The van der Waals surface area contributed by atoms with Crippen LogP contribution in [0.5, 0.6) is 0 Å². The molecule has 5 N–H and O–H groups in total. The number of carboxylic acids is 2. The summed E-state index contributed by atoms with van der Waals surface area (Å²) >= 11 is 13.2. The van der Waals surface area contributed by atoms with Crippen LogP contribution in [0, 0.1) is 18.8 Å². The monoisotopic (exact) mass is 577 g/mol. The summed E-state index contributed by atoms with van der Waals surface area (Å²) in [5.41, 5.74) is 1.46. The van der Waals surface area contributed by atoms with E-state index in [1.807, 2.05) is 4.90 Å². The average Bonchev–Trinajstić information content (AvgIpc) is 3.21. The third kappa shape index (κ3) is 4.94. The number of anilines is 2. The van der Waals surface area contributed by atoms with Crippen molar-refractivity contribution in [2.24, 2.45) is 11.8 Å². The highest BCUT2D eigenvalue weighted by molar-refractivity contribution is 7.17. The van der Waals surface area contributed by atoms with Crippen molar-refractivity contribution in [2.75, 3.05) is 23.3 Å². The van der Waals surface area contributed by atoms with E-state index in [4.69, 9.17) is 28.3 Å². The van der Waals surface area contributed by atoms with Crippen molar-refractivity contribution in [1.82, 2.24) is 15.3 Å². The maximum atomic E-state index is 12.6. The number of hydrogen-bond donors (Lipinski definition) is 5. The summed E-state index contributed by atoms with van der Waals surface area (Å²) < 4.78 is 0. The van der Waals surface area contributed by atoms with E-state index in [9.17, 15) is 24.3 Å². The minimum absolute atomic E-state index is 0.0181. The predicted molar refractivity (Wildman–Crippen MR) is 141 cm³/mol. The van der Waals surface area contributed by atoms with Gasteiger partial charge in [-0.3, -0.25) is 9.59 Å². The van der Waals surface area contributed by atoms with Crippen molar-refractivity contribution in [3.8, 4) is 0 Å². The molecule has 3 aromatic rings. The second-order valence-electron chi connectivity index (χ2n) is 9.17. The largest absolute Gasteiger partial charge is 0.478 e. The van der Waals surface area contributed by atoms with Gasteiger partial charge in [0.15, 0.2) is 5.13 Å². The van der Waals surface area contributed by atoms with Crippen molar-refractivity contribution >= 4 is 69.1 Å². The number of aromatic carboxylic acids is 2. The van der Waals surface area contributed by atoms with Crippen molar-refractivity contribution < 1.29 is 29.4 Å². The number of rotatable bonds is 8. The van der Waals surface area contributed by atoms with Crippen molar-refractivity contribution in [2.45, 2.75) is 19.4 Å². The van der Waals surface area contributed by atoms with E-state index in [1.165, 1.54) is 24.3 Å². The topological polar surface area (TPSA) is 165 Å². The van der Waals surface area contributed by atoms with Crippen molar-refractivity contribution in [3.63, 3.8) is 0 Å². The number of carboxylic acid groups (broad SMARTS) is 2. The smallest absolute Gasteiger partial charge is 0.347 e. The Kier molecular flexibility index (Phi) is 6.80. The second-order valence-corrected chi connectivity index (χ2v) is 10.9. The molecule has 0 unspecified atom stereocenters. The van der Waals surface area contributed by atoms with Crippen LogP contribution in [0.1, 0.15) is 41.9 Å². The summed E-state index contributed by atoms with van der Waals surface area (Å²) in [4.78, 5) is 57.3. The molecule has 0 radical (unpaired) electrons. The summed E-state index contributed by atoms with van der Waals surface area (Å²) in [6.45, 7) is 2.90. The number of carbonyl (C=O) groups is 4. The molecule has 2 fully saturated rings. The molecule has 3 atom stereocenters. The Morgan fingerprint density at radius 3 is 2.29 bits per heavy atom. The van der Waals surface area contributed by atoms with Crippen LogP contribution < -0.4 is 15.5 Å². The number of thiazole rings is 1. The number of hydrogen-bond acceptors (Lipinski definition) is 7. The van der Waals surface area contributed by atoms with E-state index in [0.717, 1.165) is 11.3 Å². The Morgan fingerprint density at radius 1 is 1.08 bits per heavy atom. The zero-order valence-electron chi connectivity index (χ0n) is 19.7. The highest BCUT2D eigenvalue weighted by atomic mass is 35.5. The quantitative estimate of drug-likeness (QED) is 0.271. The van der Waals surface area contributed by atoms with Gasteiger partial charge in [-0.15, -0.1) is 0 Å². The Labute approximate surface area is 229 Å². The zero-order valence-corrected chi connectivity index (χ0v) is 22.1. The number of nitrogens with one attached hydrogen (secondary N) is 3. The van der Waals surface area contributed by atoms with Crippen LogP contribution >= 0.6 is 34.5 Å². The maximum absolute atomic E-state index is 12.6. The fraction of sp³-hybridized carbons (Fsp3) is 0.292. The Morgan fingerprint density at radius 2 is 1.74 bits per heavy atom. The number of amides is 2. The Bertz CT molecular complexity index is 1460. The maximum Gasteiger partial charge on any atom is 0.347 e. The number of aryl methyl sites for hydroxylation is 1. The van der Waals surface area contributed by atoms with Crippen LogP contribution in [0.15, 0.2) is 24.3 Å². The molecular weight excluding hydrogens is 557 g/mol. The normalized spacial score (nSPS) is 19.7. The van der Waals surface area contributed by atoms with Gasteiger partial charge in [0.25, 0.3) is 5.91 Å². The minimum atomic E-state index is -1.17. The average molecular weight is 578 g/mol. The molecule has 38 heavy (non-hydrogen) atoms. The van der Waals surface area contributed by atoms with Gasteiger partial charge in [0.05, 0.1) is 27.7 Å². The molecule has 2 aliphatic rings. The van der Waals surface area contributed by atoms with Gasteiger partial charge in [0.2, 0.25) is 5.91 Å². The molecule has 3 heterocycles. The summed E-state index contributed by atoms with van der Waals surface area (Å²) in [6.07, 6.45) is -0.253. The Balaban J connectivity index is 1.20. The van der Waals surface area contributed by atoms with Gasteiger partial charge in [0.1, 0.15) is 10.6 Å². The number of halogens is 2. The van der Waals surface area contributed by atoms with E-state index >= 15 is 0 Å². The summed E-state index contributed by atoms with van der Waals surface area (Å²) in [5, 5.41) is 25.3. The molecule has 0 bridgehead atoms. The van der Waals surface area contributed by atoms with Gasteiger partial charge in [-0.05, 0) is 31.2 Å². The molecule has 2 aromatic heterocycles. The number of fused-ring (bicyclic) bond motifs is 1. The highest BCUT2D eigenvalue weighted by Crippen LogP contribution is 2.48. The fourth-order valence-corrected chi connectivity index (χ4v) is 6.02. The standard InChI is InChI=1S/C24H21Cl2N5O6S/c1-9-16(25)17(26)19(27-9)21(33)30-18-12-7-31(8-13(12)18)24-29-14(20(38-24)23(36)37)6-15(32)28-11-4-2-10(3-5-11)22(34)35/h2-5,12-13,18,27H,6-8H2,1H3,(H,28,32)(H,30,33)(H,34,35)(H,36,37)/t12-,13+,18+. The van der Waals surface area contributed by atoms with Crippen LogP contribution in [0.3, 0.4) is 0 Å². The van der Waals surface area contributed by atoms with Gasteiger partial charge in [-0.25, -0.2) is 14.6 Å². The van der Waals surface area contributed by atoms with Gasteiger partial charge < -0.3 is 30.7 Å². The molecule has 1 aliphatic carbocycles. The third-order valence-corrected chi connectivity index (χ3v) is 8.76. The molecule has 198 valence electrons. The number of nitrogens with zero attached hydrogens (tertiary/aromatic N) is 2. The van der Waals surface area contributed by atoms with Crippen LogP contribution in [0.25, 0.3) is 0 Å². The number of benzene rings is 1. The fourth-order valence-electron chi connectivity index (χ4n) is 4.66.